The maximum Gasteiger partial charge on any atom is 0.249 e. The maximum absolute atomic E-state index is 12.5. The Morgan fingerprint density at radius 1 is 1.26 bits per heavy atom. The number of ether oxygens (including phenoxy) is 1. The Labute approximate surface area is 152 Å². The molecular formula is C17H24BrClN2O2. The van der Waals surface area contributed by atoms with Crippen LogP contribution in [-0.4, -0.2) is 24.7 Å². The van der Waals surface area contributed by atoms with E-state index in [1.807, 2.05) is 12.1 Å². The number of carbonyl (C=O) groups is 1. The summed E-state index contributed by atoms with van der Waals surface area (Å²) >= 11 is 3.46. The number of halogens is 2. The van der Waals surface area contributed by atoms with Crippen LogP contribution < -0.4 is 11.1 Å². The van der Waals surface area contributed by atoms with Gasteiger partial charge >= 0.3 is 0 Å². The Kier molecular flexibility index (Phi) is 6.89. The van der Waals surface area contributed by atoms with Gasteiger partial charge in [0.05, 0.1) is 12.1 Å². The van der Waals surface area contributed by atoms with Crippen molar-refractivity contribution in [3.8, 4) is 0 Å². The molecule has 128 valence electrons. The predicted octanol–water partition coefficient (Wildman–Crippen LogP) is 3.33. The smallest absolute Gasteiger partial charge is 0.249 e. The van der Waals surface area contributed by atoms with Crippen LogP contribution in [0, 0.1) is 5.92 Å². The first-order chi connectivity index (χ1) is 10.7. The summed E-state index contributed by atoms with van der Waals surface area (Å²) in [5.74, 6) is 0.549. The average Bonchev–Trinajstić information content (AvgIpc) is 2.94. The molecule has 1 saturated carbocycles. The largest absolute Gasteiger partial charge is 0.364 e. The fourth-order valence-electron chi connectivity index (χ4n) is 3.23. The van der Waals surface area contributed by atoms with Gasteiger partial charge in [0.25, 0.3) is 0 Å². The van der Waals surface area contributed by atoms with E-state index >= 15 is 0 Å². The van der Waals surface area contributed by atoms with Crippen LogP contribution in [-0.2, 0) is 9.53 Å². The molecule has 3 atom stereocenters. The van der Waals surface area contributed by atoms with Crippen molar-refractivity contribution in [1.82, 2.24) is 5.32 Å². The lowest BCUT2D eigenvalue weighted by Crippen LogP contribution is -2.41. The zero-order valence-electron chi connectivity index (χ0n) is 13.0. The van der Waals surface area contributed by atoms with E-state index in [9.17, 15) is 4.79 Å². The lowest BCUT2D eigenvalue weighted by atomic mass is 9.77. The average molecular weight is 404 g/mol. The summed E-state index contributed by atoms with van der Waals surface area (Å²) in [5.41, 5.74) is 6.80. The van der Waals surface area contributed by atoms with E-state index in [2.05, 4.69) is 33.4 Å². The normalized spacial score (nSPS) is 25.3. The zero-order chi connectivity index (χ0) is 15.5. The van der Waals surface area contributed by atoms with Gasteiger partial charge in [0.2, 0.25) is 5.91 Å². The van der Waals surface area contributed by atoms with Crippen LogP contribution in [0.5, 0.6) is 0 Å². The van der Waals surface area contributed by atoms with E-state index in [0.717, 1.165) is 17.3 Å². The molecule has 2 fully saturated rings. The summed E-state index contributed by atoms with van der Waals surface area (Å²) in [7, 11) is 0. The highest BCUT2D eigenvalue weighted by atomic mass is 79.9. The third-order valence-corrected chi connectivity index (χ3v) is 5.34. The Morgan fingerprint density at radius 2 is 1.96 bits per heavy atom. The van der Waals surface area contributed by atoms with Crippen molar-refractivity contribution in [2.75, 3.05) is 6.54 Å². The number of benzene rings is 1. The van der Waals surface area contributed by atoms with Crippen molar-refractivity contribution in [3.63, 3.8) is 0 Å². The Balaban J connectivity index is 0.00000192. The summed E-state index contributed by atoms with van der Waals surface area (Å²) in [6, 6.07) is 8.33. The van der Waals surface area contributed by atoms with Crippen molar-refractivity contribution in [2.45, 2.75) is 50.4 Å². The minimum Gasteiger partial charge on any atom is -0.364 e. The van der Waals surface area contributed by atoms with Gasteiger partial charge in [-0.2, -0.15) is 0 Å². The van der Waals surface area contributed by atoms with E-state index < -0.39 is 0 Å². The lowest BCUT2D eigenvalue weighted by molar-refractivity contribution is -0.133. The monoisotopic (exact) mass is 402 g/mol. The molecule has 6 heteroatoms. The first kappa shape index (κ1) is 18.7. The van der Waals surface area contributed by atoms with Crippen molar-refractivity contribution in [1.29, 1.82) is 0 Å². The van der Waals surface area contributed by atoms with Crippen molar-refractivity contribution < 1.29 is 9.53 Å². The Hall–Kier alpha value is -0.620. The highest BCUT2D eigenvalue weighted by molar-refractivity contribution is 9.10. The molecule has 4 nitrogen and oxygen atoms in total. The molecule has 23 heavy (non-hydrogen) atoms. The number of carbonyl (C=O) groups excluding carboxylic acids is 1. The quantitative estimate of drug-likeness (QED) is 0.792. The van der Waals surface area contributed by atoms with E-state index in [0.29, 0.717) is 12.5 Å². The van der Waals surface area contributed by atoms with Crippen molar-refractivity contribution in [3.05, 3.63) is 34.3 Å². The summed E-state index contributed by atoms with van der Waals surface area (Å²) < 4.78 is 6.77. The number of hydrogen-bond donors (Lipinski definition) is 2. The minimum absolute atomic E-state index is 0. The van der Waals surface area contributed by atoms with E-state index in [1.165, 1.54) is 24.8 Å². The first-order valence-corrected chi connectivity index (χ1v) is 8.88. The van der Waals surface area contributed by atoms with Gasteiger partial charge in [-0.3, -0.25) is 4.79 Å². The van der Waals surface area contributed by atoms with Gasteiger partial charge in [-0.05, 0) is 49.3 Å². The second-order valence-electron chi connectivity index (χ2n) is 6.29. The maximum atomic E-state index is 12.5. The van der Waals surface area contributed by atoms with Crippen LogP contribution in [0.25, 0.3) is 0 Å². The van der Waals surface area contributed by atoms with Crippen molar-refractivity contribution >= 4 is 34.2 Å². The third-order valence-electron chi connectivity index (χ3n) is 4.81. The number of nitrogens with two attached hydrogens (primary N) is 1. The van der Waals surface area contributed by atoms with Gasteiger partial charge in [0, 0.05) is 11.0 Å². The summed E-state index contributed by atoms with van der Waals surface area (Å²) in [6.07, 6.45) is 4.95. The van der Waals surface area contributed by atoms with E-state index in [-0.39, 0.29) is 36.6 Å². The lowest BCUT2D eigenvalue weighted by Gasteiger charge is -2.35. The number of rotatable bonds is 5. The summed E-state index contributed by atoms with van der Waals surface area (Å²) in [6.45, 7) is 0.489. The van der Waals surface area contributed by atoms with Gasteiger partial charge in [-0.1, -0.05) is 34.5 Å². The van der Waals surface area contributed by atoms with Crippen LogP contribution in [0.1, 0.15) is 43.7 Å². The first-order valence-electron chi connectivity index (χ1n) is 8.08. The Bertz CT molecular complexity index is 522. The van der Waals surface area contributed by atoms with Gasteiger partial charge in [-0.25, -0.2) is 0 Å². The van der Waals surface area contributed by atoms with Gasteiger partial charge in [-0.15, -0.1) is 12.4 Å². The molecule has 1 aromatic carbocycles. The van der Waals surface area contributed by atoms with Crippen molar-refractivity contribution in [2.24, 2.45) is 11.7 Å². The zero-order valence-corrected chi connectivity index (χ0v) is 15.4. The molecule has 1 saturated heterocycles. The number of nitrogens with one attached hydrogen (secondary N) is 1. The van der Waals surface area contributed by atoms with Crippen LogP contribution in [0.3, 0.4) is 0 Å². The topological polar surface area (TPSA) is 64.4 Å². The molecule has 2 aliphatic rings. The fourth-order valence-corrected chi connectivity index (χ4v) is 3.50. The molecular weight excluding hydrogens is 380 g/mol. The Morgan fingerprint density at radius 3 is 2.48 bits per heavy atom. The minimum atomic E-state index is -0.341. The SMILES string of the molecule is Cl.NC[C@H]1CC[C@@H](C(=O)NC(c2ccc(Br)cc2)C2CCC2)O1. The second kappa shape index (κ2) is 8.47. The van der Waals surface area contributed by atoms with Crippen LogP contribution in [0.2, 0.25) is 0 Å². The third kappa shape index (κ3) is 4.47. The number of amides is 1. The van der Waals surface area contributed by atoms with E-state index in [1.54, 1.807) is 0 Å². The van der Waals surface area contributed by atoms with Gasteiger partial charge in [0.1, 0.15) is 6.10 Å². The number of hydrogen-bond acceptors (Lipinski definition) is 3. The molecule has 1 aromatic rings. The molecule has 3 N–H and O–H groups in total. The molecule has 0 spiro atoms. The van der Waals surface area contributed by atoms with Crippen LogP contribution in [0.15, 0.2) is 28.7 Å². The standard InChI is InChI=1S/C17H23BrN2O2.ClH/c18-13-6-4-12(5-7-13)16(11-2-1-3-11)20-17(21)15-9-8-14(10-19)22-15;/h4-7,11,14-16H,1-3,8-10,19H2,(H,20,21);1H/t14-,15+,16?;/m1./s1. The van der Waals surface area contributed by atoms with Gasteiger partial charge < -0.3 is 15.8 Å². The highest BCUT2D eigenvalue weighted by Gasteiger charge is 2.34. The highest BCUT2D eigenvalue weighted by Crippen LogP contribution is 2.38. The molecule has 0 aromatic heterocycles. The predicted molar refractivity (Wildman–Crippen MR) is 96.6 cm³/mol. The summed E-state index contributed by atoms with van der Waals surface area (Å²) in [4.78, 5) is 12.5. The van der Waals surface area contributed by atoms with Crippen LogP contribution in [0.4, 0.5) is 0 Å². The molecule has 1 aliphatic carbocycles. The molecule has 1 heterocycles. The molecule has 0 radical (unpaired) electrons. The molecule has 1 amide bonds. The molecule has 3 rings (SSSR count). The molecule has 0 bridgehead atoms. The molecule has 1 aliphatic heterocycles. The molecule has 1 unspecified atom stereocenters. The fraction of sp³-hybridized carbons (Fsp3) is 0.588. The van der Waals surface area contributed by atoms with Crippen LogP contribution >= 0.6 is 28.3 Å². The summed E-state index contributed by atoms with van der Waals surface area (Å²) in [5, 5.41) is 3.22. The van der Waals surface area contributed by atoms with Gasteiger partial charge in [0.15, 0.2) is 0 Å². The van der Waals surface area contributed by atoms with E-state index in [4.69, 9.17) is 10.5 Å². The second-order valence-corrected chi connectivity index (χ2v) is 7.20.